The fraction of sp³-hybridized carbons (Fsp3) is 0.111. The summed E-state index contributed by atoms with van der Waals surface area (Å²) in [6.45, 7) is 3.72. The Morgan fingerprint density at radius 2 is 1.62 bits per heavy atom. The molecule has 0 bridgehead atoms. The molecule has 1 aliphatic carbocycles. The van der Waals surface area contributed by atoms with E-state index in [1.807, 2.05) is 26.0 Å². The Bertz CT molecular complexity index is 1310. The molecule has 2 aromatic carbocycles. The molecule has 2 aromatic rings. The molecule has 11 heteroatoms. The van der Waals surface area contributed by atoms with E-state index >= 15 is 0 Å². The fourth-order valence-electron chi connectivity index (χ4n) is 2.84. The highest BCUT2D eigenvalue weighted by Crippen LogP contribution is 2.28. The number of hydrogen-bond donors (Lipinski definition) is 3. The standard InChI is InChI=1S/C18H16N2O7S2/c1-10-3-6-15(11(2)7-10)19-20-17-14-5-4-13(28(22,23)24)8-12(14)9-16(18(17)21)29(25,26)27/h3-9,19H,1-2H3,(H,22,23,24)(H,25,26,27)/b20-17-. The topological polar surface area (TPSA) is 150 Å². The highest BCUT2D eigenvalue weighted by atomic mass is 32.2. The molecular formula is C18H16N2O7S2. The maximum atomic E-state index is 12.6. The van der Waals surface area contributed by atoms with Crippen LogP contribution in [0.5, 0.6) is 0 Å². The maximum Gasteiger partial charge on any atom is 0.298 e. The van der Waals surface area contributed by atoms with Crippen molar-refractivity contribution in [3.05, 3.63) is 63.6 Å². The smallest absolute Gasteiger partial charge is 0.286 e. The molecule has 0 unspecified atom stereocenters. The van der Waals surface area contributed by atoms with E-state index in [0.717, 1.165) is 29.3 Å². The quantitative estimate of drug-likeness (QED) is 0.487. The summed E-state index contributed by atoms with van der Waals surface area (Å²) >= 11 is 0. The predicted octanol–water partition coefficient (Wildman–Crippen LogP) is 2.18. The molecule has 0 spiro atoms. The first kappa shape index (κ1) is 20.9. The predicted molar refractivity (Wildman–Crippen MR) is 107 cm³/mol. The van der Waals surface area contributed by atoms with Crippen molar-refractivity contribution in [1.82, 2.24) is 0 Å². The monoisotopic (exact) mass is 436 g/mol. The zero-order chi connectivity index (χ0) is 21.6. The number of nitrogens with zero attached hydrogens (tertiary/aromatic N) is 1. The summed E-state index contributed by atoms with van der Waals surface area (Å²) < 4.78 is 64.6. The lowest BCUT2D eigenvalue weighted by Gasteiger charge is -2.17. The average molecular weight is 436 g/mol. The minimum absolute atomic E-state index is 0.0199. The maximum absolute atomic E-state index is 12.6. The summed E-state index contributed by atoms with van der Waals surface area (Å²) in [5.41, 5.74) is 4.87. The number of hydrazone groups is 1. The van der Waals surface area contributed by atoms with E-state index in [9.17, 15) is 30.7 Å². The Labute approximate surface area is 167 Å². The van der Waals surface area contributed by atoms with E-state index in [0.29, 0.717) is 5.69 Å². The van der Waals surface area contributed by atoms with Crippen LogP contribution < -0.4 is 5.43 Å². The van der Waals surface area contributed by atoms with Crippen molar-refractivity contribution in [3.8, 4) is 0 Å². The van der Waals surface area contributed by atoms with E-state index in [-0.39, 0.29) is 16.8 Å². The van der Waals surface area contributed by atoms with Crippen LogP contribution in [0.25, 0.3) is 6.08 Å². The fourth-order valence-corrected chi connectivity index (χ4v) is 3.96. The molecule has 0 saturated heterocycles. The Balaban J connectivity index is 2.17. The van der Waals surface area contributed by atoms with Crippen molar-refractivity contribution in [2.45, 2.75) is 18.7 Å². The molecule has 0 radical (unpaired) electrons. The first-order valence-corrected chi connectivity index (χ1v) is 11.0. The summed E-state index contributed by atoms with van der Waals surface area (Å²) in [6.07, 6.45) is 0.831. The molecular weight excluding hydrogens is 420 g/mol. The number of anilines is 1. The number of carbonyl (C=O) groups excluding carboxylic acids is 1. The van der Waals surface area contributed by atoms with Crippen LogP contribution in [-0.4, -0.2) is 37.4 Å². The van der Waals surface area contributed by atoms with Crippen LogP contribution in [0.15, 0.2) is 51.3 Å². The van der Waals surface area contributed by atoms with Gasteiger partial charge in [0.2, 0.25) is 5.78 Å². The third-order valence-electron chi connectivity index (χ3n) is 4.25. The first-order valence-electron chi connectivity index (χ1n) is 8.14. The third kappa shape index (κ3) is 4.27. The number of fused-ring (bicyclic) bond motifs is 1. The normalized spacial score (nSPS) is 15.8. The van der Waals surface area contributed by atoms with Crippen molar-refractivity contribution in [2.75, 3.05) is 5.43 Å². The van der Waals surface area contributed by atoms with Gasteiger partial charge in [0.05, 0.1) is 10.6 Å². The Morgan fingerprint density at radius 3 is 2.21 bits per heavy atom. The number of ketones is 1. The van der Waals surface area contributed by atoms with Crippen LogP contribution in [0.3, 0.4) is 0 Å². The van der Waals surface area contributed by atoms with Gasteiger partial charge >= 0.3 is 0 Å². The summed E-state index contributed by atoms with van der Waals surface area (Å²) in [7, 11) is -9.47. The number of carbonyl (C=O) groups is 1. The largest absolute Gasteiger partial charge is 0.298 e. The summed E-state index contributed by atoms with van der Waals surface area (Å²) in [6, 6.07) is 8.67. The lowest BCUT2D eigenvalue weighted by Crippen LogP contribution is -2.27. The Kier molecular flexibility index (Phi) is 5.17. The number of allylic oxidation sites excluding steroid dienone is 1. The third-order valence-corrected chi connectivity index (χ3v) is 5.96. The molecule has 0 aliphatic heterocycles. The van der Waals surface area contributed by atoms with Gasteiger partial charge < -0.3 is 0 Å². The molecule has 9 nitrogen and oxygen atoms in total. The van der Waals surface area contributed by atoms with Gasteiger partial charge in [-0.25, -0.2) is 0 Å². The SMILES string of the molecule is Cc1ccc(N/N=C2\C(=O)C(S(=O)(=O)O)=Cc3cc(S(=O)(=O)O)ccc32)c(C)c1. The molecule has 0 aromatic heterocycles. The van der Waals surface area contributed by atoms with Gasteiger partial charge in [0, 0.05) is 5.56 Å². The van der Waals surface area contributed by atoms with Gasteiger partial charge in [0.15, 0.2) is 0 Å². The zero-order valence-corrected chi connectivity index (χ0v) is 16.9. The second-order valence-corrected chi connectivity index (χ2v) is 9.24. The van der Waals surface area contributed by atoms with Crippen LogP contribution in [0.1, 0.15) is 22.3 Å². The van der Waals surface area contributed by atoms with E-state index in [4.69, 9.17) is 0 Å². The molecule has 0 heterocycles. The van der Waals surface area contributed by atoms with E-state index in [1.165, 1.54) is 6.07 Å². The molecule has 0 atom stereocenters. The molecule has 29 heavy (non-hydrogen) atoms. The molecule has 1 aliphatic rings. The number of benzene rings is 2. The van der Waals surface area contributed by atoms with Crippen LogP contribution in [0.4, 0.5) is 5.69 Å². The van der Waals surface area contributed by atoms with Gasteiger partial charge in [-0.3, -0.25) is 19.3 Å². The summed E-state index contributed by atoms with van der Waals surface area (Å²) in [5, 5.41) is 4.01. The molecule has 152 valence electrons. The average Bonchev–Trinajstić information content (AvgIpc) is 2.59. The number of aryl methyl sites for hydroxylation is 2. The van der Waals surface area contributed by atoms with Crippen molar-refractivity contribution >= 4 is 43.5 Å². The minimum Gasteiger partial charge on any atom is -0.286 e. The highest BCUT2D eigenvalue weighted by Gasteiger charge is 2.33. The van der Waals surface area contributed by atoms with E-state index < -0.39 is 35.8 Å². The minimum atomic E-state index is -4.90. The second-order valence-electron chi connectivity index (χ2n) is 6.43. The van der Waals surface area contributed by atoms with Gasteiger partial charge in [0.1, 0.15) is 10.6 Å². The molecule has 3 rings (SSSR count). The van der Waals surface area contributed by atoms with Crippen LogP contribution in [0.2, 0.25) is 0 Å². The van der Waals surface area contributed by atoms with Crippen molar-refractivity contribution in [2.24, 2.45) is 5.10 Å². The van der Waals surface area contributed by atoms with Crippen molar-refractivity contribution in [3.63, 3.8) is 0 Å². The van der Waals surface area contributed by atoms with Gasteiger partial charge in [-0.05, 0) is 49.2 Å². The van der Waals surface area contributed by atoms with Crippen LogP contribution in [-0.2, 0) is 25.0 Å². The van der Waals surface area contributed by atoms with Gasteiger partial charge in [-0.2, -0.15) is 21.9 Å². The van der Waals surface area contributed by atoms with Crippen molar-refractivity contribution < 1.29 is 30.7 Å². The lowest BCUT2D eigenvalue weighted by molar-refractivity contribution is -0.109. The van der Waals surface area contributed by atoms with Gasteiger partial charge in [0.25, 0.3) is 20.2 Å². The van der Waals surface area contributed by atoms with Gasteiger partial charge in [-0.15, -0.1) is 0 Å². The number of rotatable bonds is 4. The number of nitrogens with one attached hydrogen (secondary N) is 1. The first-order chi connectivity index (χ1) is 13.4. The van der Waals surface area contributed by atoms with Crippen molar-refractivity contribution in [1.29, 1.82) is 0 Å². The van der Waals surface area contributed by atoms with Gasteiger partial charge in [-0.1, -0.05) is 23.8 Å². The van der Waals surface area contributed by atoms with E-state index in [1.54, 1.807) is 6.07 Å². The van der Waals surface area contributed by atoms with E-state index in [2.05, 4.69) is 10.5 Å². The Hall–Kier alpha value is -2.86. The molecule has 0 amide bonds. The van der Waals surface area contributed by atoms with Crippen LogP contribution >= 0.6 is 0 Å². The molecule has 0 saturated carbocycles. The Morgan fingerprint density at radius 1 is 0.931 bits per heavy atom. The summed E-state index contributed by atoms with van der Waals surface area (Å²) in [4.78, 5) is 11.2. The molecule has 0 fully saturated rings. The highest BCUT2D eigenvalue weighted by molar-refractivity contribution is 7.91. The lowest BCUT2D eigenvalue weighted by atomic mass is 9.94. The summed E-state index contributed by atoms with van der Waals surface area (Å²) in [5.74, 6) is -1.06. The zero-order valence-electron chi connectivity index (χ0n) is 15.2. The molecule has 3 N–H and O–H groups in total. The van der Waals surface area contributed by atoms with Crippen LogP contribution in [0, 0.1) is 13.8 Å². The number of Topliss-reactive ketones (excluding diaryl/α,β-unsaturated/α-hetero) is 1. The second kappa shape index (κ2) is 7.19. The number of hydrogen-bond acceptors (Lipinski definition) is 7.